The van der Waals surface area contributed by atoms with Crippen LogP contribution in [0.3, 0.4) is 0 Å². The van der Waals surface area contributed by atoms with Crippen LogP contribution in [0.25, 0.3) is 0 Å². The van der Waals surface area contributed by atoms with Crippen LogP contribution >= 0.6 is 15.9 Å². The summed E-state index contributed by atoms with van der Waals surface area (Å²) < 4.78 is 0.885. The van der Waals surface area contributed by atoms with Crippen molar-refractivity contribution in [2.24, 2.45) is 10.9 Å². The normalized spacial score (nSPS) is 18.7. The van der Waals surface area contributed by atoms with Crippen LogP contribution in [0.2, 0.25) is 0 Å². The SMILES string of the molecule is O=C(CN1C(=O)[C@H]2CCCC2=Nc2ccccc21)Nc1cccc(Br)c1. The van der Waals surface area contributed by atoms with Gasteiger partial charge in [0.05, 0.1) is 17.3 Å². The van der Waals surface area contributed by atoms with E-state index in [9.17, 15) is 9.59 Å². The Bertz CT molecular complexity index is 909. The first kappa shape index (κ1) is 17.0. The van der Waals surface area contributed by atoms with Crippen molar-refractivity contribution in [1.82, 2.24) is 0 Å². The van der Waals surface area contributed by atoms with E-state index in [1.54, 1.807) is 4.90 Å². The molecule has 5 nitrogen and oxygen atoms in total. The Balaban J connectivity index is 1.61. The number of nitrogens with one attached hydrogen (secondary N) is 1. The van der Waals surface area contributed by atoms with E-state index in [1.165, 1.54) is 0 Å². The highest BCUT2D eigenvalue weighted by molar-refractivity contribution is 9.10. The number of fused-ring (bicyclic) bond motifs is 2. The van der Waals surface area contributed by atoms with Crippen LogP contribution < -0.4 is 10.2 Å². The molecule has 0 aromatic heterocycles. The average Bonchev–Trinajstić information content (AvgIpc) is 3.04. The fourth-order valence-electron chi connectivity index (χ4n) is 3.55. The maximum absolute atomic E-state index is 13.1. The highest BCUT2D eigenvalue weighted by Crippen LogP contribution is 2.37. The Labute approximate surface area is 160 Å². The molecule has 0 radical (unpaired) electrons. The van der Waals surface area contributed by atoms with Crippen LogP contribution in [0.5, 0.6) is 0 Å². The molecule has 0 unspecified atom stereocenters. The topological polar surface area (TPSA) is 61.8 Å². The van der Waals surface area contributed by atoms with Gasteiger partial charge in [0.25, 0.3) is 0 Å². The molecule has 1 aliphatic carbocycles. The third kappa shape index (κ3) is 3.29. The third-order valence-corrected chi connectivity index (χ3v) is 5.23. The Morgan fingerprint density at radius 2 is 2.08 bits per heavy atom. The monoisotopic (exact) mass is 411 g/mol. The van der Waals surface area contributed by atoms with Crippen molar-refractivity contribution < 1.29 is 9.59 Å². The smallest absolute Gasteiger partial charge is 0.244 e. The van der Waals surface area contributed by atoms with E-state index in [4.69, 9.17) is 4.99 Å². The van der Waals surface area contributed by atoms with Gasteiger partial charge in [0.1, 0.15) is 6.54 Å². The van der Waals surface area contributed by atoms with E-state index in [0.29, 0.717) is 11.4 Å². The number of carbonyl (C=O) groups is 2. The number of para-hydroxylation sites is 2. The second-order valence-electron chi connectivity index (χ2n) is 6.52. The number of nitrogens with zero attached hydrogens (tertiary/aromatic N) is 2. The summed E-state index contributed by atoms with van der Waals surface area (Å²) in [4.78, 5) is 32.0. The summed E-state index contributed by atoms with van der Waals surface area (Å²) in [5.74, 6) is -0.468. The molecule has 1 atom stereocenters. The second-order valence-corrected chi connectivity index (χ2v) is 7.44. The third-order valence-electron chi connectivity index (χ3n) is 4.74. The highest BCUT2D eigenvalue weighted by atomic mass is 79.9. The van der Waals surface area contributed by atoms with Crippen molar-refractivity contribution in [3.05, 3.63) is 53.0 Å². The van der Waals surface area contributed by atoms with Crippen LogP contribution in [0.1, 0.15) is 19.3 Å². The van der Waals surface area contributed by atoms with Gasteiger partial charge in [-0.2, -0.15) is 0 Å². The zero-order chi connectivity index (χ0) is 18.1. The summed E-state index contributed by atoms with van der Waals surface area (Å²) in [7, 11) is 0. The molecule has 1 N–H and O–H groups in total. The Morgan fingerprint density at radius 1 is 1.23 bits per heavy atom. The van der Waals surface area contributed by atoms with Gasteiger partial charge >= 0.3 is 0 Å². The average molecular weight is 412 g/mol. The van der Waals surface area contributed by atoms with E-state index < -0.39 is 0 Å². The fourth-order valence-corrected chi connectivity index (χ4v) is 3.95. The molecule has 2 aromatic carbocycles. The van der Waals surface area contributed by atoms with Gasteiger partial charge in [-0.3, -0.25) is 14.6 Å². The Hall–Kier alpha value is -2.47. The summed E-state index contributed by atoms with van der Waals surface area (Å²) in [6.45, 7) is -0.0261. The lowest BCUT2D eigenvalue weighted by molar-refractivity contribution is -0.122. The molecule has 1 aliphatic heterocycles. The minimum absolute atomic E-state index is 0.0261. The number of hydrogen-bond donors (Lipinski definition) is 1. The van der Waals surface area contributed by atoms with Gasteiger partial charge in [-0.1, -0.05) is 34.1 Å². The van der Waals surface area contributed by atoms with E-state index >= 15 is 0 Å². The zero-order valence-electron chi connectivity index (χ0n) is 14.1. The lowest BCUT2D eigenvalue weighted by Crippen LogP contribution is -2.41. The van der Waals surface area contributed by atoms with Crippen molar-refractivity contribution in [3.63, 3.8) is 0 Å². The van der Waals surface area contributed by atoms with Crippen LogP contribution in [-0.4, -0.2) is 24.1 Å². The van der Waals surface area contributed by atoms with Gasteiger partial charge in [0.2, 0.25) is 11.8 Å². The molecule has 2 aliphatic rings. The maximum atomic E-state index is 13.1. The standard InChI is InChI=1S/C20H18BrN3O2/c21-13-5-3-6-14(11-13)22-19(25)12-24-18-10-2-1-8-17(18)23-16-9-4-7-15(16)20(24)26/h1-3,5-6,8,10-11,15H,4,7,9,12H2,(H,22,25)/t15-/m0/s1. The number of aliphatic imine (C=N–C) groups is 1. The highest BCUT2D eigenvalue weighted by Gasteiger charge is 2.36. The second kappa shape index (κ2) is 7.03. The number of anilines is 2. The van der Waals surface area contributed by atoms with E-state index in [2.05, 4.69) is 21.2 Å². The van der Waals surface area contributed by atoms with E-state index in [-0.39, 0.29) is 24.3 Å². The van der Waals surface area contributed by atoms with Crippen molar-refractivity contribution in [2.45, 2.75) is 19.3 Å². The van der Waals surface area contributed by atoms with Gasteiger partial charge < -0.3 is 10.2 Å². The minimum atomic E-state index is -0.229. The molecule has 0 spiro atoms. The molecular formula is C20H18BrN3O2. The number of halogens is 1. The van der Waals surface area contributed by atoms with Gasteiger partial charge in [0, 0.05) is 15.9 Å². The molecule has 2 aromatic rings. The zero-order valence-corrected chi connectivity index (χ0v) is 15.7. The predicted octanol–water partition coefficient (Wildman–Crippen LogP) is 4.31. The molecule has 132 valence electrons. The molecule has 0 saturated heterocycles. The number of rotatable bonds is 3. The summed E-state index contributed by atoms with van der Waals surface area (Å²) in [5.41, 5.74) is 3.09. The summed E-state index contributed by atoms with van der Waals surface area (Å²) in [6, 6.07) is 14.9. The van der Waals surface area contributed by atoms with Crippen LogP contribution in [0, 0.1) is 5.92 Å². The van der Waals surface area contributed by atoms with Crippen LogP contribution in [-0.2, 0) is 9.59 Å². The summed E-state index contributed by atoms with van der Waals surface area (Å²) in [6.07, 6.45) is 2.62. The summed E-state index contributed by atoms with van der Waals surface area (Å²) in [5, 5.41) is 2.86. The van der Waals surface area contributed by atoms with Crippen molar-refractivity contribution in [3.8, 4) is 0 Å². The van der Waals surface area contributed by atoms with Crippen molar-refractivity contribution in [1.29, 1.82) is 0 Å². The largest absolute Gasteiger partial charge is 0.324 e. The van der Waals surface area contributed by atoms with Gasteiger partial charge in [-0.15, -0.1) is 0 Å². The van der Waals surface area contributed by atoms with Crippen LogP contribution in [0.4, 0.5) is 17.1 Å². The molecular weight excluding hydrogens is 394 g/mol. The molecule has 6 heteroatoms. The molecule has 1 fully saturated rings. The lowest BCUT2D eigenvalue weighted by atomic mass is 10.1. The number of amides is 2. The Kier molecular flexibility index (Phi) is 4.59. The first-order valence-corrected chi connectivity index (χ1v) is 9.44. The molecule has 26 heavy (non-hydrogen) atoms. The maximum Gasteiger partial charge on any atom is 0.244 e. The first-order chi connectivity index (χ1) is 12.6. The molecule has 0 bridgehead atoms. The molecule has 2 amide bonds. The van der Waals surface area contributed by atoms with Crippen LogP contribution in [0.15, 0.2) is 58.0 Å². The van der Waals surface area contributed by atoms with Gasteiger partial charge in [-0.25, -0.2) is 0 Å². The number of hydrogen-bond acceptors (Lipinski definition) is 3. The number of benzene rings is 2. The lowest BCUT2D eigenvalue weighted by Gasteiger charge is -2.24. The van der Waals surface area contributed by atoms with E-state index in [1.807, 2.05) is 48.5 Å². The first-order valence-electron chi connectivity index (χ1n) is 8.65. The molecule has 1 heterocycles. The Morgan fingerprint density at radius 3 is 2.92 bits per heavy atom. The minimum Gasteiger partial charge on any atom is -0.324 e. The van der Waals surface area contributed by atoms with Gasteiger partial charge in [-0.05, 0) is 49.6 Å². The number of carbonyl (C=O) groups excluding carboxylic acids is 2. The fraction of sp³-hybridized carbons (Fsp3) is 0.250. The summed E-state index contributed by atoms with van der Waals surface area (Å²) >= 11 is 3.39. The molecule has 4 rings (SSSR count). The van der Waals surface area contributed by atoms with Crippen molar-refractivity contribution >= 4 is 50.5 Å². The predicted molar refractivity (Wildman–Crippen MR) is 106 cm³/mol. The molecule has 1 saturated carbocycles. The van der Waals surface area contributed by atoms with Gasteiger partial charge in [0.15, 0.2) is 0 Å². The van der Waals surface area contributed by atoms with E-state index in [0.717, 1.165) is 35.1 Å². The quantitative estimate of drug-likeness (QED) is 0.817. The van der Waals surface area contributed by atoms with Crippen molar-refractivity contribution in [2.75, 3.05) is 16.8 Å².